The van der Waals surface area contributed by atoms with E-state index < -0.39 is 0 Å². The summed E-state index contributed by atoms with van der Waals surface area (Å²) in [5.74, 6) is 0.428. The zero-order valence-electron chi connectivity index (χ0n) is 10.5. The maximum Gasteiger partial charge on any atom is 0.230 e. The van der Waals surface area contributed by atoms with Crippen LogP contribution >= 0.6 is 23.2 Å². The number of aromatic nitrogens is 1. The third-order valence-corrected chi connectivity index (χ3v) is 3.14. The number of rotatable bonds is 3. The quantitative estimate of drug-likeness (QED) is 0.393. The maximum absolute atomic E-state index is 8.83. The Balaban J connectivity index is 2.49. The second-order valence-electron chi connectivity index (χ2n) is 3.97. The monoisotopic (exact) mass is 311 g/mol. The zero-order valence-corrected chi connectivity index (χ0v) is 12.0. The van der Waals surface area contributed by atoms with Crippen LogP contribution in [0.4, 0.5) is 0 Å². The summed E-state index contributed by atoms with van der Waals surface area (Å²) in [7, 11) is 0. The van der Waals surface area contributed by atoms with Crippen LogP contribution in [0.25, 0.3) is 0 Å². The Morgan fingerprint density at radius 3 is 2.80 bits per heavy atom. The SMILES string of the molecule is Cc1ccnc(Oc2cc(Cl)ccc2Cl)c1/C(N)=N/O. The predicted molar refractivity (Wildman–Crippen MR) is 78.0 cm³/mol. The maximum atomic E-state index is 8.83. The molecule has 0 radical (unpaired) electrons. The molecule has 1 heterocycles. The van der Waals surface area contributed by atoms with E-state index in [1.54, 1.807) is 37.4 Å². The van der Waals surface area contributed by atoms with E-state index in [0.717, 1.165) is 5.56 Å². The molecule has 0 unspecified atom stereocenters. The lowest BCUT2D eigenvalue weighted by Gasteiger charge is -2.12. The lowest BCUT2D eigenvalue weighted by molar-refractivity contribution is 0.318. The van der Waals surface area contributed by atoms with E-state index in [-0.39, 0.29) is 11.7 Å². The number of nitrogens with two attached hydrogens (primary N) is 1. The van der Waals surface area contributed by atoms with Gasteiger partial charge in [0.15, 0.2) is 5.84 Å². The van der Waals surface area contributed by atoms with Gasteiger partial charge in [0.1, 0.15) is 5.75 Å². The van der Waals surface area contributed by atoms with E-state index in [1.165, 1.54) is 0 Å². The molecule has 1 aromatic carbocycles. The number of pyridine rings is 1. The highest BCUT2D eigenvalue weighted by molar-refractivity contribution is 6.34. The summed E-state index contributed by atoms with van der Waals surface area (Å²) in [5.41, 5.74) is 6.79. The highest BCUT2D eigenvalue weighted by Crippen LogP contribution is 2.32. The fraction of sp³-hybridized carbons (Fsp3) is 0.0769. The first-order valence-corrected chi connectivity index (χ1v) is 6.35. The minimum Gasteiger partial charge on any atom is -0.437 e. The minimum absolute atomic E-state index is 0.0937. The van der Waals surface area contributed by atoms with Crippen LogP contribution in [0.2, 0.25) is 10.0 Å². The molecule has 7 heteroatoms. The van der Waals surface area contributed by atoms with Crippen molar-refractivity contribution in [3.63, 3.8) is 0 Å². The van der Waals surface area contributed by atoms with Gasteiger partial charge in [0.05, 0.1) is 10.6 Å². The van der Waals surface area contributed by atoms with Crippen molar-refractivity contribution in [1.29, 1.82) is 0 Å². The molecular weight excluding hydrogens is 301 g/mol. The van der Waals surface area contributed by atoms with Gasteiger partial charge in [-0.2, -0.15) is 0 Å². The van der Waals surface area contributed by atoms with Gasteiger partial charge in [-0.25, -0.2) is 4.98 Å². The van der Waals surface area contributed by atoms with Crippen molar-refractivity contribution in [2.45, 2.75) is 6.92 Å². The first-order chi connectivity index (χ1) is 9.52. The summed E-state index contributed by atoms with van der Waals surface area (Å²) in [5, 5.41) is 12.7. The van der Waals surface area contributed by atoms with Crippen LogP contribution in [0.5, 0.6) is 11.6 Å². The third kappa shape index (κ3) is 2.95. The molecule has 3 N–H and O–H groups in total. The van der Waals surface area contributed by atoms with E-state index in [9.17, 15) is 0 Å². The molecule has 0 aliphatic heterocycles. The van der Waals surface area contributed by atoms with Gasteiger partial charge >= 0.3 is 0 Å². The standard InChI is InChI=1S/C13H11Cl2N3O2/c1-7-4-5-17-13(11(7)12(16)18-19)20-10-6-8(14)2-3-9(10)15/h2-6,19H,1H3,(H2,16,18). The average molecular weight is 312 g/mol. The molecule has 0 amide bonds. The second kappa shape index (κ2) is 5.98. The Morgan fingerprint density at radius 1 is 1.35 bits per heavy atom. The van der Waals surface area contributed by atoms with Gasteiger partial charge in [0, 0.05) is 17.3 Å². The Bertz CT molecular complexity index is 675. The number of benzene rings is 1. The van der Waals surface area contributed by atoms with Crippen molar-refractivity contribution in [1.82, 2.24) is 4.98 Å². The molecule has 0 bridgehead atoms. The van der Waals surface area contributed by atoms with Gasteiger partial charge in [0.25, 0.3) is 0 Å². The Hall–Kier alpha value is -1.98. The smallest absolute Gasteiger partial charge is 0.230 e. The van der Waals surface area contributed by atoms with Gasteiger partial charge in [-0.1, -0.05) is 28.4 Å². The molecule has 5 nitrogen and oxygen atoms in total. The summed E-state index contributed by atoms with van der Waals surface area (Å²) in [4.78, 5) is 4.08. The van der Waals surface area contributed by atoms with Gasteiger partial charge < -0.3 is 15.7 Å². The molecule has 104 valence electrons. The predicted octanol–water partition coefficient (Wildman–Crippen LogP) is 3.58. The fourth-order valence-corrected chi connectivity index (χ4v) is 1.95. The Kier molecular flexibility index (Phi) is 4.32. The number of nitrogens with zero attached hydrogens (tertiary/aromatic N) is 2. The first kappa shape index (κ1) is 14.4. The summed E-state index contributed by atoms with van der Waals surface area (Å²) in [6, 6.07) is 6.53. The molecule has 0 fully saturated rings. The largest absolute Gasteiger partial charge is 0.437 e. The lowest BCUT2D eigenvalue weighted by atomic mass is 10.1. The average Bonchev–Trinajstić information content (AvgIpc) is 2.42. The topological polar surface area (TPSA) is 80.7 Å². The molecule has 0 saturated carbocycles. The Morgan fingerprint density at radius 2 is 2.10 bits per heavy atom. The molecule has 0 atom stereocenters. The first-order valence-electron chi connectivity index (χ1n) is 5.59. The van der Waals surface area contributed by atoms with Crippen molar-refractivity contribution in [3.8, 4) is 11.6 Å². The highest BCUT2D eigenvalue weighted by Gasteiger charge is 2.15. The van der Waals surface area contributed by atoms with Gasteiger partial charge in [-0.05, 0) is 30.7 Å². The number of halogens is 2. The van der Waals surface area contributed by atoms with E-state index in [1.807, 2.05) is 0 Å². The van der Waals surface area contributed by atoms with Crippen molar-refractivity contribution in [2.75, 3.05) is 0 Å². The molecule has 2 rings (SSSR count). The van der Waals surface area contributed by atoms with Crippen molar-refractivity contribution < 1.29 is 9.94 Å². The molecule has 0 aliphatic carbocycles. The number of hydrogen-bond acceptors (Lipinski definition) is 4. The molecule has 1 aromatic heterocycles. The van der Waals surface area contributed by atoms with Gasteiger partial charge in [-0.15, -0.1) is 0 Å². The normalized spacial score (nSPS) is 11.4. The molecule has 0 spiro atoms. The number of amidine groups is 1. The van der Waals surface area contributed by atoms with E-state index in [4.69, 9.17) is 38.9 Å². The van der Waals surface area contributed by atoms with Crippen molar-refractivity contribution in [3.05, 3.63) is 51.6 Å². The van der Waals surface area contributed by atoms with Crippen LogP contribution in [0.3, 0.4) is 0 Å². The lowest BCUT2D eigenvalue weighted by Crippen LogP contribution is -2.16. The second-order valence-corrected chi connectivity index (χ2v) is 4.81. The molecule has 20 heavy (non-hydrogen) atoms. The highest BCUT2D eigenvalue weighted by atomic mass is 35.5. The summed E-state index contributed by atoms with van der Waals surface area (Å²) in [6.45, 7) is 1.79. The van der Waals surface area contributed by atoms with E-state index >= 15 is 0 Å². The molecular formula is C13H11Cl2N3O2. The van der Waals surface area contributed by atoms with Gasteiger partial charge in [-0.3, -0.25) is 0 Å². The van der Waals surface area contributed by atoms with Crippen LogP contribution in [0, 0.1) is 6.92 Å². The molecule has 2 aromatic rings. The Labute approximate surface area is 125 Å². The fourth-order valence-electron chi connectivity index (χ4n) is 1.63. The molecule has 0 saturated heterocycles. The summed E-state index contributed by atoms with van der Waals surface area (Å²) in [6.07, 6.45) is 1.55. The number of oxime groups is 1. The zero-order chi connectivity index (χ0) is 14.7. The third-order valence-electron chi connectivity index (χ3n) is 2.59. The molecule has 0 aliphatic rings. The van der Waals surface area contributed by atoms with E-state index in [0.29, 0.717) is 21.4 Å². The van der Waals surface area contributed by atoms with Crippen molar-refractivity contribution in [2.24, 2.45) is 10.9 Å². The van der Waals surface area contributed by atoms with Crippen molar-refractivity contribution >= 4 is 29.0 Å². The van der Waals surface area contributed by atoms with Gasteiger partial charge in [0.2, 0.25) is 5.88 Å². The number of aryl methyl sites for hydroxylation is 1. The van der Waals surface area contributed by atoms with Crippen LogP contribution in [-0.4, -0.2) is 16.0 Å². The summed E-state index contributed by atoms with van der Waals surface area (Å²) >= 11 is 11.9. The van der Waals surface area contributed by atoms with Crippen LogP contribution in [0.15, 0.2) is 35.6 Å². The van der Waals surface area contributed by atoms with Crippen LogP contribution in [0.1, 0.15) is 11.1 Å². The van der Waals surface area contributed by atoms with E-state index in [2.05, 4.69) is 10.1 Å². The minimum atomic E-state index is -0.0937. The van der Waals surface area contributed by atoms with Crippen LogP contribution in [-0.2, 0) is 0 Å². The summed E-state index contributed by atoms with van der Waals surface area (Å²) < 4.78 is 5.63. The number of hydrogen-bond donors (Lipinski definition) is 2. The number of ether oxygens (including phenoxy) is 1. The van der Waals surface area contributed by atoms with Crippen LogP contribution < -0.4 is 10.5 Å².